The maximum atomic E-state index is 13.6. The van der Waals surface area contributed by atoms with Gasteiger partial charge in [-0.15, -0.1) is 0 Å². The lowest BCUT2D eigenvalue weighted by atomic mass is 9.79. The first kappa shape index (κ1) is 22.0. The second kappa shape index (κ2) is 8.84. The molecule has 34 heavy (non-hydrogen) atoms. The molecule has 0 fully saturated rings. The van der Waals surface area contributed by atoms with Gasteiger partial charge < -0.3 is 14.8 Å². The Kier molecular flexibility index (Phi) is 5.72. The monoisotopic (exact) mass is 471 g/mol. The first-order chi connectivity index (χ1) is 16.5. The number of carbonyl (C=O) groups is 2. The fraction of sp³-hybridized carbons (Fsp3) is 0.143. The van der Waals surface area contributed by atoms with Gasteiger partial charge in [0.1, 0.15) is 12.4 Å². The van der Waals surface area contributed by atoms with E-state index in [1.807, 2.05) is 79.7 Å². The predicted octanol–water partition coefficient (Wildman–Crippen LogP) is 5.66. The number of nitrogens with one attached hydrogen (secondary N) is 1. The molecular weight excluding hydrogens is 450 g/mol. The van der Waals surface area contributed by atoms with Gasteiger partial charge in [0.25, 0.3) is 0 Å². The molecule has 1 N–H and O–H groups in total. The number of esters is 1. The van der Waals surface area contributed by atoms with Crippen LogP contribution in [0, 0.1) is 0 Å². The van der Waals surface area contributed by atoms with Crippen LogP contribution >= 0.6 is 11.6 Å². The van der Waals surface area contributed by atoms with Crippen molar-refractivity contribution in [3.05, 3.63) is 117 Å². The van der Waals surface area contributed by atoms with Crippen molar-refractivity contribution in [2.45, 2.75) is 19.4 Å². The van der Waals surface area contributed by atoms with Crippen LogP contribution in [-0.2, 0) is 16.1 Å². The standard InChI is InChI=1S/C28H22ClNO4/c1-16-23(28(32)33-2)24(25-26(30-16)18-10-4-5-11-19(18)27(25)31)20-12-6-8-14-22(20)34-15-17-9-3-7-13-21(17)29/h3-14,24,30H,15H2,1-2H3. The van der Waals surface area contributed by atoms with Gasteiger partial charge in [-0.1, -0.05) is 72.3 Å². The number of allylic oxidation sites excluding steroid dienone is 2. The molecule has 5 rings (SSSR count). The summed E-state index contributed by atoms with van der Waals surface area (Å²) in [6.45, 7) is 2.07. The Bertz CT molecular complexity index is 1390. The number of ether oxygens (including phenoxy) is 2. The van der Waals surface area contributed by atoms with Crippen LogP contribution in [-0.4, -0.2) is 18.9 Å². The molecule has 1 unspecified atom stereocenters. The molecule has 2 aliphatic rings. The van der Waals surface area contributed by atoms with E-state index in [0.717, 1.165) is 16.8 Å². The third kappa shape index (κ3) is 3.58. The number of dihydropyridines is 1. The summed E-state index contributed by atoms with van der Waals surface area (Å²) in [4.78, 5) is 26.5. The average Bonchev–Trinajstić information content (AvgIpc) is 3.14. The highest BCUT2D eigenvalue weighted by Gasteiger charge is 2.43. The van der Waals surface area contributed by atoms with E-state index in [2.05, 4.69) is 5.32 Å². The van der Waals surface area contributed by atoms with E-state index in [4.69, 9.17) is 21.1 Å². The van der Waals surface area contributed by atoms with Crippen LogP contribution < -0.4 is 10.1 Å². The average molecular weight is 472 g/mol. The quantitative estimate of drug-likeness (QED) is 0.486. The van der Waals surface area contributed by atoms with Crippen molar-refractivity contribution in [2.24, 2.45) is 0 Å². The first-order valence-electron chi connectivity index (χ1n) is 10.9. The van der Waals surface area contributed by atoms with Gasteiger partial charge in [-0.05, 0) is 19.1 Å². The highest BCUT2D eigenvalue weighted by Crippen LogP contribution is 2.48. The van der Waals surface area contributed by atoms with E-state index in [1.54, 1.807) is 0 Å². The number of benzene rings is 3. The van der Waals surface area contributed by atoms with Crippen molar-refractivity contribution in [1.82, 2.24) is 5.32 Å². The maximum absolute atomic E-state index is 13.6. The van der Waals surface area contributed by atoms with Gasteiger partial charge in [-0.25, -0.2) is 4.79 Å². The van der Waals surface area contributed by atoms with Crippen molar-refractivity contribution in [1.29, 1.82) is 0 Å². The Morgan fingerprint density at radius 2 is 1.65 bits per heavy atom. The second-order valence-electron chi connectivity index (χ2n) is 8.17. The molecule has 0 aromatic heterocycles. The molecule has 1 aliphatic carbocycles. The third-order valence-electron chi connectivity index (χ3n) is 6.23. The minimum Gasteiger partial charge on any atom is -0.489 e. The van der Waals surface area contributed by atoms with Crippen LogP contribution in [0.2, 0.25) is 5.02 Å². The fourth-order valence-electron chi connectivity index (χ4n) is 4.64. The summed E-state index contributed by atoms with van der Waals surface area (Å²) in [6, 6.07) is 22.4. The summed E-state index contributed by atoms with van der Waals surface area (Å²) in [5, 5.41) is 3.90. The van der Waals surface area contributed by atoms with Crippen molar-refractivity contribution >= 4 is 29.1 Å². The Labute approximate surface area is 202 Å². The smallest absolute Gasteiger partial charge is 0.336 e. The summed E-state index contributed by atoms with van der Waals surface area (Å²) in [6.07, 6.45) is 0. The molecule has 5 nitrogen and oxygen atoms in total. The lowest BCUT2D eigenvalue weighted by molar-refractivity contribution is -0.136. The molecule has 0 spiro atoms. The molecule has 1 aliphatic heterocycles. The summed E-state index contributed by atoms with van der Waals surface area (Å²) >= 11 is 6.32. The third-order valence-corrected chi connectivity index (χ3v) is 6.59. The largest absolute Gasteiger partial charge is 0.489 e. The van der Waals surface area contributed by atoms with Gasteiger partial charge in [0.2, 0.25) is 0 Å². The second-order valence-corrected chi connectivity index (χ2v) is 8.58. The molecule has 3 aromatic carbocycles. The zero-order valence-electron chi connectivity index (χ0n) is 18.7. The molecule has 0 bridgehead atoms. The number of halogens is 1. The minimum atomic E-state index is -0.647. The molecule has 1 atom stereocenters. The maximum Gasteiger partial charge on any atom is 0.336 e. The van der Waals surface area contributed by atoms with Crippen LogP contribution in [0.3, 0.4) is 0 Å². The van der Waals surface area contributed by atoms with Gasteiger partial charge in [0.05, 0.1) is 24.3 Å². The van der Waals surface area contributed by atoms with Crippen molar-refractivity contribution in [3.8, 4) is 5.75 Å². The van der Waals surface area contributed by atoms with Crippen LogP contribution in [0.15, 0.2) is 89.6 Å². The molecule has 0 radical (unpaired) electrons. The molecular formula is C28H22ClNO4. The van der Waals surface area contributed by atoms with E-state index in [-0.39, 0.29) is 12.4 Å². The number of carbonyl (C=O) groups excluding carboxylic acids is 2. The highest BCUT2D eigenvalue weighted by atomic mass is 35.5. The molecule has 0 saturated carbocycles. The molecule has 3 aromatic rings. The van der Waals surface area contributed by atoms with Crippen LogP contribution in [0.5, 0.6) is 5.75 Å². The lowest BCUT2D eigenvalue weighted by Gasteiger charge is -2.30. The van der Waals surface area contributed by atoms with Crippen molar-refractivity contribution in [2.75, 3.05) is 7.11 Å². The Hall–Kier alpha value is -3.83. The van der Waals surface area contributed by atoms with E-state index in [9.17, 15) is 9.59 Å². The molecule has 170 valence electrons. The number of hydrogen-bond acceptors (Lipinski definition) is 5. The van der Waals surface area contributed by atoms with E-state index in [1.165, 1.54) is 7.11 Å². The van der Waals surface area contributed by atoms with Gasteiger partial charge in [-0.2, -0.15) is 0 Å². The molecule has 0 amide bonds. The van der Waals surface area contributed by atoms with E-state index in [0.29, 0.717) is 38.7 Å². The number of hydrogen-bond donors (Lipinski definition) is 1. The van der Waals surface area contributed by atoms with Crippen LogP contribution in [0.1, 0.15) is 39.9 Å². The SMILES string of the molecule is COC(=O)C1=C(C)NC2=C(C(=O)c3ccccc32)C1c1ccccc1OCc1ccccc1Cl. The zero-order chi connectivity index (χ0) is 23.8. The van der Waals surface area contributed by atoms with Gasteiger partial charge in [-0.3, -0.25) is 4.79 Å². The van der Waals surface area contributed by atoms with E-state index >= 15 is 0 Å². The Balaban J connectivity index is 1.63. The zero-order valence-corrected chi connectivity index (χ0v) is 19.5. The van der Waals surface area contributed by atoms with Crippen LogP contribution in [0.4, 0.5) is 0 Å². The minimum absolute atomic E-state index is 0.113. The number of Topliss-reactive ketones (excluding diaryl/α,β-unsaturated/α-hetero) is 1. The van der Waals surface area contributed by atoms with Crippen molar-refractivity contribution in [3.63, 3.8) is 0 Å². The summed E-state index contributed by atoms with van der Waals surface area (Å²) in [7, 11) is 1.34. The molecule has 6 heteroatoms. The first-order valence-corrected chi connectivity index (χ1v) is 11.3. The van der Waals surface area contributed by atoms with Gasteiger partial charge >= 0.3 is 5.97 Å². The number of ketones is 1. The molecule has 1 heterocycles. The summed E-state index contributed by atoms with van der Waals surface area (Å²) in [5.74, 6) is -0.686. The topological polar surface area (TPSA) is 64.6 Å². The van der Waals surface area contributed by atoms with Gasteiger partial charge in [0, 0.05) is 38.5 Å². The number of fused-ring (bicyclic) bond motifs is 2. The predicted molar refractivity (Wildman–Crippen MR) is 131 cm³/mol. The Morgan fingerprint density at radius 3 is 2.41 bits per heavy atom. The summed E-state index contributed by atoms with van der Waals surface area (Å²) in [5.41, 5.74) is 5.25. The van der Waals surface area contributed by atoms with Crippen LogP contribution in [0.25, 0.3) is 5.70 Å². The highest BCUT2D eigenvalue weighted by molar-refractivity contribution is 6.31. The van der Waals surface area contributed by atoms with Crippen molar-refractivity contribution < 1.29 is 19.1 Å². The van der Waals surface area contributed by atoms with E-state index < -0.39 is 11.9 Å². The molecule has 0 saturated heterocycles. The summed E-state index contributed by atoms with van der Waals surface area (Å²) < 4.78 is 11.3. The lowest BCUT2D eigenvalue weighted by Crippen LogP contribution is -2.29. The number of methoxy groups -OCH3 is 1. The Morgan fingerprint density at radius 1 is 0.971 bits per heavy atom. The number of para-hydroxylation sites is 1. The number of rotatable bonds is 5. The van der Waals surface area contributed by atoms with Gasteiger partial charge in [0.15, 0.2) is 5.78 Å². The normalized spacial score (nSPS) is 16.7. The fourth-order valence-corrected chi connectivity index (χ4v) is 4.83.